The molecule has 2 nitrogen and oxygen atoms in total. The Bertz CT molecular complexity index is 497. The molecule has 0 aromatic carbocycles. The maximum absolute atomic E-state index is 5.73. The molecule has 2 heterocycles. The minimum atomic E-state index is 0.337. The third kappa shape index (κ3) is 6.82. The van der Waals surface area contributed by atoms with E-state index < -0.39 is 0 Å². The van der Waals surface area contributed by atoms with Crippen LogP contribution in [-0.4, -0.2) is 25.4 Å². The lowest BCUT2D eigenvalue weighted by atomic mass is 10.0. The average molecular weight is 314 g/mol. The maximum Gasteiger partial charge on any atom is 0.0684 e. The van der Waals surface area contributed by atoms with E-state index in [9.17, 15) is 0 Å². The molecule has 2 unspecified atom stereocenters. The van der Waals surface area contributed by atoms with E-state index in [-0.39, 0.29) is 0 Å². The van der Waals surface area contributed by atoms with Crippen molar-refractivity contribution in [3.63, 3.8) is 0 Å². The zero-order valence-electron chi connectivity index (χ0n) is 14.7. The first-order chi connectivity index (χ1) is 11.3. The van der Waals surface area contributed by atoms with Crippen LogP contribution in [0.3, 0.4) is 0 Å². The molecule has 0 spiro atoms. The van der Waals surface area contributed by atoms with Gasteiger partial charge in [0.05, 0.1) is 12.2 Å². The summed E-state index contributed by atoms with van der Waals surface area (Å²) in [7, 11) is 0. The Hall–Kier alpha value is -1.22. The van der Waals surface area contributed by atoms with E-state index in [2.05, 4.69) is 37.5 Å². The summed E-state index contributed by atoms with van der Waals surface area (Å²) in [6.07, 6.45) is 10.6. The van der Waals surface area contributed by atoms with Crippen LogP contribution in [-0.2, 0) is 9.47 Å². The molecule has 2 heteroatoms. The largest absolute Gasteiger partial charge is 0.377 e. The highest BCUT2D eigenvalue weighted by Gasteiger charge is 2.12. The molecule has 2 atom stereocenters. The Balaban J connectivity index is 1.85. The third-order valence-electron chi connectivity index (χ3n) is 4.53. The fourth-order valence-corrected chi connectivity index (χ4v) is 3.03. The molecule has 126 valence electrons. The summed E-state index contributed by atoms with van der Waals surface area (Å²) in [6, 6.07) is 0. The predicted octanol–water partition coefficient (Wildman–Crippen LogP) is 4.64. The lowest BCUT2D eigenvalue weighted by molar-refractivity contribution is 0.0196. The zero-order chi connectivity index (χ0) is 16.3. The molecule has 0 aliphatic carbocycles. The normalized spacial score (nSPS) is 25.5. The van der Waals surface area contributed by atoms with E-state index in [1.54, 1.807) is 0 Å². The molecule has 0 N–H and O–H groups in total. The van der Waals surface area contributed by atoms with E-state index in [0.717, 1.165) is 56.5 Å². The van der Waals surface area contributed by atoms with Gasteiger partial charge in [0, 0.05) is 37.2 Å². The number of allylic oxidation sites excluding steroid dienone is 2. The smallest absolute Gasteiger partial charge is 0.0684 e. The van der Waals surface area contributed by atoms with Crippen LogP contribution in [0.1, 0.15) is 71.6 Å². The number of hydrogen-bond donors (Lipinski definition) is 0. The SMILES string of the molecule is CC/C(C#CCC1CCCCO1)=C(/C)C#CCC1CCCCO1. The highest BCUT2D eigenvalue weighted by molar-refractivity contribution is 5.41. The Kier molecular flexibility index (Phi) is 8.30. The van der Waals surface area contributed by atoms with Gasteiger partial charge in [-0.2, -0.15) is 0 Å². The van der Waals surface area contributed by atoms with Crippen molar-refractivity contribution in [1.82, 2.24) is 0 Å². The summed E-state index contributed by atoms with van der Waals surface area (Å²) in [5, 5.41) is 0. The van der Waals surface area contributed by atoms with Crippen molar-refractivity contribution in [1.29, 1.82) is 0 Å². The van der Waals surface area contributed by atoms with Crippen molar-refractivity contribution in [2.24, 2.45) is 0 Å². The highest BCUT2D eigenvalue weighted by Crippen LogP contribution is 2.16. The number of hydrogen-bond acceptors (Lipinski definition) is 2. The molecule has 2 rings (SSSR count). The van der Waals surface area contributed by atoms with E-state index in [0.29, 0.717) is 12.2 Å². The van der Waals surface area contributed by atoms with Gasteiger partial charge in [0.15, 0.2) is 0 Å². The first-order valence-corrected chi connectivity index (χ1v) is 9.20. The van der Waals surface area contributed by atoms with Crippen LogP contribution < -0.4 is 0 Å². The molecule has 0 amide bonds. The second kappa shape index (κ2) is 10.5. The summed E-state index contributed by atoms with van der Waals surface area (Å²) in [5.41, 5.74) is 2.28. The molecule has 0 saturated carbocycles. The Morgan fingerprint density at radius 1 is 0.870 bits per heavy atom. The van der Waals surface area contributed by atoms with E-state index in [4.69, 9.17) is 9.47 Å². The van der Waals surface area contributed by atoms with Gasteiger partial charge in [-0.25, -0.2) is 0 Å². The second-order valence-corrected chi connectivity index (χ2v) is 6.45. The van der Waals surface area contributed by atoms with Crippen LogP contribution >= 0.6 is 0 Å². The standard InChI is InChI=1S/C21H30O2/c1-3-19(11-9-15-21-13-5-7-17-23-21)18(2)10-8-14-20-12-4-6-16-22-20/h20-21H,3-7,12-17H2,1-2H3/b19-18+. The van der Waals surface area contributed by atoms with Crippen molar-refractivity contribution in [3.8, 4) is 23.7 Å². The predicted molar refractivity (Wildman–Crippen MR) is 95.0 cm³/mol. The van der Waals surface area contributed by atoms with Crippen molar-refractivity contribution in [2.45, 2.75) is 83.8 Å². The summed E-state index contributed by atoms with van der Waals surface area (Å²) in [6.45, 7) is 6.03. The Morgan fingerprint density at radius 3 is 1.91 bits per heavy atom. The molecular formula is C21H30O2. The Morgan fingerprint density at radius 2 is 1.43 bits per heavy atom. The Labute approximate surface area is 142 Å². The quantitative estimate of drug-likeness (QED) is 0.707. The van der Waals surface area contributed by atoms with Crippen molar-refractivity contribution in [3.05, 3.63) is 11.1 Å². The zero-order valence-corrected chi connectivity index (χ0v) is 14.7. The molecular weight excluding hydrogens is 284 g/mol. The topological polar surface area (TPSA) is 18.5 Å². The van der Waals surface area contributed by atoms with Gasteiger partial charge in [-0.05, 0) is 51.9 Å². The third-order valence-corrected chi connectivity index (χ3v) is 4.53. The first-order valence-electron chi connectivity index (χ1n) is 9.20. The van der Waals surface area contributed by atoms with Crippen LogP contribution in [0.4, 0.5) is 0 Å². The molecule has 0 aromatic heterocycles. The van der Waals surface area contributed by atoms with Gasteiger partial charge < -0.3 is 9.47 Å². The van der Waals surface area contributed by atoms with Gasteiger partial charge in [0.2, 0.25) is 0 Å². The molecule has 2 aliphatic rings. The summed E-state index contributed by atoms with van der Waals surface area (Å²) < 4.78 is 11.4. The molecule has 0 radical (unpaired) electrons. The van der Waals surface area contributed by atoms with Gasteiger partial charge in [0.25, 0.3) is 0 Å². The van der Waals surface area contributed by atoms with Crippen LogP contribution in [0.5, 0.6) is 0 Å². The van der Waals surface area contributed by atoms with Crippen LogP contribution in [0.25, 0.3) is 0 Å². The maximum atomic E-state index is 5.73. The molecule has 0 aromatic rings. The summed E-state index contributed by atoms with van der Waals surface area (Å²) in [4.78, 5) is 0. The molecule has 2 aliphatic heterocycles. The van der Waals surface area contributed by atoms with Gasteiger partial charge in [-0.15, -0.1) is 0 Å². The van der Waals surface area contributed by atoms with Gasteiger partial charge in [-0.3, -0.25) is 0 Å². The fourth-order valence-electron chi connectivity index (χ4n) is 3.03. The molecule has 2 saturated heterocycles. The molecule has 23 heavy (non-hydrogen) atoms. The van der Waals surface area contributed by atoms with Gasteiger partial charge in [-0.1, -0.05) is 30.6 Å². The van der Waals surface area contributed by atoms with Gasteiger partial charge >= 0.3 is 0 Å². The molecule has 0 bridgehead atoms. The average Bonchev–Trinajstić information content (AvgIpc) is 2.60. The summed E-state index contributed by atoms with van der Waals surface area (Å²) in [5.74, 6) is 13.2. The van der Waals surface area contributed by atoms with E-state index >= 15 is 0 Å². The lowest BCUT2D eigenvalue weighted by Gasteiger charge is -2.20. The van der Waals surface area contributed by atoms with E-state index in [1.807, 2.05) is 0 Å². The monoisotopic (exact) mass is 314 g/mol. The van der Waals surface area contributed by atoms with Gasteiger partial charge in [0.1, 0.15) is 0 Å². The molecule has 2 fully saturated rings. The minimum absolute atomic E-state index is 0.337. The van der Waals surface area contributed by atoms with Crippen molar-refractivity contribution < 1.29 is 9.47 Å². The van der Waals surface area contributed by atoms with Crippen LogP contribution in [0.15, 0.2) is 11.1 Å². The lowest BCUT2D eigenvalue weighted by Crippen LogP contribution is -2.18. The van der Waals surface area contributed by atoms with Crippen molar-refractivity contribution >= 4 is 0 Å². The number of rotatable bonds is 3. The minimum Gasteiger partial charge on any atom is -0.377 e. The fraction of sp³-hybridized carbons (Fsp3) is 0.714. The second-order valence-electron chi connectivity index (χ2n) is 6.45. The van der Waals surface area contributed by atoms with Crippen molar-refractivity contribution in [2.75, 3.05) is 13.2 Å². The van der Waals surface area contributed by atoms with E-state index in [1.165, 1.54) is 25.7 Å². The van der Waals surface area contributed by atoms with Crippen LogP contribution in [0, 0.1) is 23.7 Å². The first kappa shape index (κ1) is 18.1. The highest BCUT2D eigenvalue weighted by atomic mass is 16.5. The summed E-state index contributed by atoms with van der Waals surface area (Å²) >= 11 is 0. The number of ether oxygens (including phenoxy) is 2. The van der Waals surface area contributed by atoms with Crippen LogP contribution in [0.2, 0.25) is 0 Å².